The summed E-state index contributed by atoms with van der Waals surface area (Å²) in [6.45, 7) is 0. The molecule has 0 aliphatic carbocycles. The Labute approximate surface area is 118 Å². The zero-order chi connectivity index (χ0) is 15.5. The van der Waals surface area contributed by atoms with Crippen molar-refractivity contribution >= 4 is 5.97 Å². The molecule has 0 aliphatic rings. The average Bonchev–Trinajstić information content (AvgIpc) is 2.41. The topological polar surface area (TPSA) is 26.3 Å². The summed E-state index contributed by atoms with van der Waals surface area (Å²) in [4.78, 5) is 11.6. The number of para-hydroxylation sites is 1. The molecule has 2 aromatic carbocycles. The van der Waals surface area contributed by atoms with Crippen molar-refractivity contribution in [2.75, 3.05) is 0 Å². The molecule has 0 N–H and O–H groups in total. The lowest BCUT2D eigenvalue weighted by atomic mass is 10.1. The summed E-state index contributed by atoms with van der Waals surface area (Å²) >= 11 is 0. The van der Waals surface area contributed by atoms with Crippen LogP contribution in [0.25, 0.3) is 0 Å². The number of alkyl halides is 3. The van der Waals surface area contributed by atoms with Gasteiger partial charge < -0.3 is 4.74 Å². The Bertz CT molecular complexity index is 636. The Morgan fingerprint density at radius 1 is 1.05 bits per heavy atom. The summed E-state index contributed by atoms with van der Waals surface area (Å²) in [7, 11) is 0. The van der Waals surface area contributed by atoms with E-state index in [9.17, 15) is 22.4 Å². The average molecular weight is 298 g/mol. The van der Waals surface area contributed by atoms with Crippen LogP contribution in [0.3, 0.4) is 0 Å². The SMILES string of the molecule is O=C(Cc1cc(C(F)(F)F)ccc1F)Oc1ccccc1. The van der Waals surface area contributed by atoms with Crippen LogP contribution in [-0.2, 0) is 17.4 Å². The number of benzene rings is 2. The normalized spacial score (nSPS) is 11.2. The Kier molecular flexibility index (Phi) is 4.26. The van der Waals surface area contributed by atoms with Gasteiger partial charge in [0.2, 0.25) is 0 Å². The fraction of sp³-hybridized carbons (Fsp3) is 0.133. The van der Waals surface area contributed by atoms with Crippen molar-refractivity contribution < 1.29 is 27.1 Å². The Morgan fingerprint density at radius 2 is 1.71 bits per heavy atom. The number of rotatable bonds is 3. The van der Waals surface area contributed by atoms with Crippen molar-refractivity contribution in [3.05, 3.63) is 65.5 Å². The van der Waals surface area contributed by atoms with Crippen molar-refractivity contribution in [2.45, 2.75) is 12.6 Å². The van der Waals surface area contributed by atoms with Crippen LogP contribution in [0.1, 0.15) is 11.1 Å². The lowest BCUT2D eigenvalue weighted by molar-refractivity contribution is -0.138. The molecule has 2 aromatic rings. The predicted molar refractivity (Wildman–Crippen MR) is 67.2 cm³/mol. The number of ether oxygens (including phenoxy) is 1. The van der Waals surface area contributed by atoms with Crippen LogP contribution in [0.15, 0.2) is 48.5 Å². The molecule has 0 unspecified atom stereocenters. The highest BCUT2D eigenvalue weighted by Crippen LogP contribution is 2.30. The van der Waals surface area contributed by atoms with Crippen LogP contribution in [0.2, 0.25) is 0 Å². The number of halogens is 4. The molecule has 0 heterocycles. The number of hydrogen-bond acceptors (Lipinski definition) is 2. The lowest BCUT2D eigenvalue weighted by Crippen LogP contribution is -2.14. The second-order valence-electron chi connectivity index (χ2n) is 4.27. The Morgan fingerprint density at radius 3 is 2.33 bits per heavy atom. The molecule has 0 fully saturated rings. The highest BCUT2D eigenvalue weighted by molar-refractivity contribution is 5.75. The molecule has 0 saturated heterocycles. The van der Waals surface area contributed by atoms with Crippen molar-refractivity contribution in [2.24, 2.45) is 0 Å². The van der Waals surface area contributed by atoms with Crippen molar-refractivity contribution in [3.63, 3.8) is 0 Å². The highest BCUT2D eigenvalue weighted by atomic mass is 19.4. The summed E-state index contributed by atoms with van der Waals surface area (Å²) in [5, 5.41) is 0. The van der Waals surface area contributed by atoms with Gasteiger partial charge in [0.15, 0.2) is 0 Å². The van der Waals surface area contributed by atoms with Gasteiger partial charge in [0.05, 0.1) is 12.0 Å². The van der Waals surface area contributed by atoms with Crippen molar-refractivity contribution in [1.29, 1.82) is 0 Å². The molecule has 0 saturated carbocycles. The van der Waals surface area contributed by atoms with Crippen LogP contribution < -0.4 is 4.74 Å². The molecule has 0 aliphatic heterocycles. The number of hydrogen-bond donors (Lipinski definition) is 0. The van der Waals surface area contributed by atoms with E-state index in [1.165, 1.54) is 12.1 Å². The molecule has 0 radical (unpaired) electrons. The van der Waals surface area contributed by atoms with Gasteiger partial charge in [-0.05, 0) is 35.9 Å². The third kappa shape index (κ3) is 4.05. The second kappa shape index (κ2) is 5.95. The second-order valence-corrected chi connectivity index (χ2v) is 4.27. The first-order valence-electron chi connectivity index (χ1n) is 5.97. The summed E-state index contributed by atoms with van der Waals surface area (Å²) in [6, 6.07) is 9.93. The number of esters is 1. The molecule has 0 bridgehead atoms. The largest absolute Gasteiger partial charge is 0.426 e. The molecule has 0 amide bonds. The van der Waals surface area contributed by atoms with E-state index in [-0.39, 0.29) is 11.3 Å². The Hall–Kier alpha value is -2.37. The summed E-state index contributed by atoms with van der Waals surface area (Å²) in [5.41, 5.74) is -1.36. The molecule has 21 heavy (non-hydrogen) atoms. The molecule has 110 valence electrons. The zero-order valence-electron chi connectivity index (χ0n) is 10.7. The minimum Gasteiger partial charge on any atom is -0.426 e. The molecular formula is C15H10F4O2. The van der Waals surface area contributed by atoms with Crippen molar-refractivity contribution in [3.8, 4) is 5.75 Å². The van der Waals surface area contributed by atoms with E-state index in [0.29, 0.717) is 18.2 Å². The quantitative estimate of drug-likeness (QED) is 0.486. The van der Waals surface area contributed by atoms with Crippen molar-refractivity contribution in [1.82, 2.24) is 0 Å². The minimum absolute atomic E-state index is 0.245. The van der Waals surface area contributed by atoms with E-state index in [0.717, 1.165) is 0 Å². The van der Waals surface area contributed by atoms with Crippen LogP contribution >= 0.6 is 0 Å². The Balaban J connectivity index is 2.14. The van der Waals surface area contributed by atoms with Gasteiger partial charge in [0.1, 0.15) is 11.6 Å². The summed E-state index contributed by atoms with van der Waals surface area (Å²) in [5.74, 6) is -1.47. The van der Waals surface area contributed by atoms with Gasteiger partial charge in [0, 0.05) is 0 Å². The van der Waals surface area contributed by atoms with E-state index in [2.05, 4.69) is 0 Å². The van der Waals surface area contributed by atoms with Gasteiger partial charge in [-0.1, -0.05) is 18.2 Å². The van der Waals surface area contributed by atoms with Gasteiger partial charge in [-0.15, -0.1) is 0 Å². The van der Waals surface area contributed by atoms with E-state index in [1.54, 1.807) is 18.2 Å². The van der Waals surface area contributed by atoms with Gasteiger partial charge in [-0.3, -0.25) is 4.79 Å². The van der Waals surface area contributed by atoms with Gasteiger partial charge >= 0.3 is 12.1 Å². The van der Waals surface area contributed by atoms with E-state index in [4.69, 9.17) is 4.74 Å². The molecule has 2 rings (SSSR count). The van der Waals surface area contributed by atoms with Crippen LogP contribution in [0.5, 0.6) is 5.75 Å². The van der Waals surface area contributed by atoms with Gasteiger partial charge in [-0.25, -0.2) is 4.39 Å². The first kappa shape index (κ1) is 15.0. The minimum atomic E-state index is -4.59. The third-order valence-corrected chi connectivity index (χ3v) is 2.68. The maximum atomic E-state index is 13.5. The summed E-state index contributed by atoms with van der Waals surface area (Å²) in [6.07, 6.45) is -5.17. The molecule has 6 heteroatoms. The lowest BCUT2D eigenvalue weighted by Gasteiger charge is -2.09. The maximum Gasteiger partial charge on any atom is 0.416 e. The van der Waals surface area contributed by atoms with Crippen LogP contribution in [0, 0.1) is 5.82 Å². The molecular weight excluding hydrogens is 288 g/mol. The van der Waals surface area contributed by atoms with E-state index >= 15 is 0 Å². The fourth-order valence-corrected chi connectivity index (χ4v) is 1.70. The molecule has 0 aromatic heterocycles. The van der Waals surface area contributed by atoms with Crippen LogP contribution in [0.4, 0.5) is 17.6 Å². The smallest absolute Gasteiger partial charge is 0.416 e. The third-order valence-electron chi connectivity index (χ3n) is 2.68. The number of carbonyl (C=O) groups excluding carboxylic acids is 1. The van der Waals surface area contributed by atoms with Crippen LogP contribution in [-0.4, -0.2) is 5.97 Å². The monoisotopic (exact) mass is 298 g/mol. The highest BCUT2D eigenvalue weighted by Gasteiger charge is 2.31. The first-order valence-corrected chi connectivity index (χ1v) is 5.97. The standard InChI is InChI=1S/C15H10F4O2/c16-13-7-6-11(15(17,18)19)8-10(13)9-14(20)21-12-4-2-1-3-5-12/h1-8H,9H2. The summed E-state index contributed by atoms with van der Waals surface area (Å²) < 4.78 is 56.0. The molecule has 0 spiro atoms. The first-order chi connectivity index (χ1) is 9.86. The predicted octanol–water partition coefficient (Wildman–Crippen LogP) is 3.99. The van der Waals surface area contributed by atoms with Gasteiger partial charge in [-0.2, -0.15) is 13.2 Å². The van der Waals surface area contributed by atoms with E-state index < -0.39 is 29.9 Å². The fourth-order valence-electron chi connectivity index (χ4n) is 1.70. The van der Waals surface area contributed by atoms with E-state index in [1.807, 2.05) is 0 Å². The zero-order valence-corrected chi connectivity index (χ0v) is 10.7. The number of carbonyl (C=O) groups is 1. The maximum absolute atomic E-state index is 13.5. The molecule has 2 nitrogen and oxygen atoms in total. The van der Waals surface area contributed by atoms with Gasteiger partial charge in [0.25, 0.3) is 0 Å². The molecule has 0 atom stereocenters.